The number of carbonyl (C=O) groups excluding carboxylic acids is 1. The van der Waals surface area contributed by atoms with Crippen molar-refractivity contribution in [2.75, 3.05) is 19.6 Å². The Labute approximate surface area is 229 Å². The highest BCUT2D eigenvalue weighted by molar-refractivity contribution is 5.85. The van der Waals surface area contributed by atoms with Gasteiger partial charge in [0.25, 0.3) is 0 Å². The third-order valence-electron chi connectivity index (χ3n) is 6.46. The van der Waals surface area contributed by atoms with Crippen molar-refractivity contribution in [1.82, 2.24) is 10.2 Å². The number of allylic oxidation sites excluding steroid dienone is 1. The molecule has 5 nitrogen and oxygen atoms in total. The second-order valence-corrected chi connectivity index (χ2v) is 10.6. The number of piperidine rings is 1. The molecule has 1 aliphatic heterocycles. The summed E-state index contributed by atoms with van der Waals surface area (Å²) >= 11 is 0. The van der Waals surface area contributed by atoms with E-state index in [4.69, 9.17) is 9.73 Å². The Balaban J connectivity index is 0.00000247. The van der Waals surface area contributed by atoms with E-state index in [1.165, 1.54) is 12.1 Å². The van der Waals surface area contributed by atoms with Gasteiger partial charge in [-0.15, -0.1) is 0 Å². The first-order valence-corrected chi connectivity index (χ1v) is 13.8. The first kappa shape index (κ1) is 31.2. The third-order valence-corrected chi connectivity index (χ3v) is 6.46. The number of hydrogen-bond acceptors (Lipinski definition) is 4. The third kappa shape index (κ3) is 11.2. The zero-order valence-corrected chi connectivity index (χ0v) is 24.1. The second-order valence-electron chi connectivity index (χ2n) is 10.6. The molecule has 0 spiro atoms. The summed E-state index contributed by atoms with van der Waals surface area (Å²) in [6.07, 6.45) is 3.16. The molecular formula is C32H46FN3O2. The maximum atomic E-state index is 13.1. The fraction of sp³-hybridized carbons (Fsp3) is 0.500. The minimum absolute atomic E-state index is 0.100. The van der Waals surface area contributed by atoms with Crippen LogP contribution in [0.5, 0.6) is 0 Å². The molecule has 38 heavy (non-hydrogen) atoms. The molecule has 2 aromatic rings. The van der Waals surface area contributed by atoms with E-state index in [9.17, 15) is 9.18 Å². The predicted octanol–water partition coefficient (Wildman–Crippen LogP) is 7.74. The normalized spacial score (nSPS) is 15.7. The molecule has 0 aliphatic carbocycles. The second kappa shape index (κ2) is 15.4. The Kier molecular flexibility index (Phi) is 12.7. The Bertz CT molecular complexity index is 1020. The Morgan fingerprint density at radius 3 is 2.29 bits per heavy atom. The molecule has 1 saturated heterocycles. The summed E-state index contributed by atoms with van der Waals surface area (Å²) in [6, 6.07) is 16.5. The van der Waals surface area contributed by atoms with Gasteiger partial charge in [-0.3, -0.25) is 4.99 Å². The van der Waals surface area contributed by atoms with Crippen molar-refractivity contribution in [2.24, 2.45) is 10.9 Å². The van der Waals surface area contributed by atoms with Gasteiger partial charge in [0.15, 0.2) is 0 Å². The summed E-state index contributed by atoms with van der Waals surface area (Å²) in [6.45, 7) is 18.7. The number of ether oxygens (including phenoxy) is 1. The molecule has 1 atom stereocenters. The van der Waals surface area contributed by atoms with Crippen molar-refractivity contribution >= 4 is 11.8 Å². The van der Waals surface area contributed by atoms with Crippen LogP contribution in [0.25, 0.3) is 0 Å². The lowest BCUT2D eigenvalue weighted by atomic mass is 9.92. The molecule has 1 amide bonds. The predicted molar refractivity (Wildman–Crippen MR) is 156 cm³/mol. The number of halogens is 1. The van der Waals surface area contributed by atoms with E-state index in [0.29, 0.717) is 12.3 Å². The van der Waals surface area contributed by atoms with Crippen LogP contribution in [0.2, 0.25) is 0 Å². The zero-order chi connectivity index (χ0) is 28.1. The van der Waals surface area contributed by atoms with E-state index >= 15 is 0 Å². The molecule has 1 aliphatic rings. The van der Waals surface area contributed by atoms with Crippen LogP contribution in [-0.4, -0.2) is 41.9 Å². The van der Waals surface area contributed by atoms with Crippen LogP contribution in [0.15, 0.2) is 71.9 Å². The van der Waals surface area contributed by atoms with E-state index < -0.39 is 5.60 Å². The van der Waals surface area contributed by atoms with Gasteiger partial charge in [0.2, 0.25) is 0 Å². The van der Waals surface area contributed by atoms with Crippen molar-refractivity contribution in [3.63, 3.8) is 0 Å². The van der Waals surface area contributed by atoms with Crippen LogP contribution in [-0.2, 0) is 11.2 Å². The van der Waals surface area contributed by atoms with Gasteiger partial charge in [0.1, 0.15) is 11.4 Å². The fourth-order valence-electron chi connectivity index (χ4n) is 4.56. The van der Waals surface area contributed by atoms with Gasteiger partial charge in [0.05, 0.1) is 6.04 Å². The van der Waals surface area contributed by atoms with Crippen LogP contribution in [0, 0.1) is 11.7 Å². The molecule has 3 rings (SSSR count). The quantitative estimate of drug-likeness (QED) is 0.342. The first-order valence-electron chi connectivity index (χ1n) is 13.8. The number of aliphatic imine (C=N–C) groups is 1. The van der Waals surface area contributed by atoms with Crippen molar-refractivity contribution < 1.29 is 13.9 Å². The van der Waals surface area contributed by atoms with Crippen LogP contribution in [0.4, 0.5) is 9.18 Å². The first-order chi connectivity index (χ1) is 18.1. The molecule has 0 saturated carbocycles. The minimum Gasteiger partial charge on any atom is -0.444 e. The lowest BCUT2D eigenvalue weighted by molar-refractivity contribution is 0.0496. The summed E-state index contributed by atoms with van der Waals surface area (Å²) in [5.41, 5.74) is 3.49. The monoisotopic (exact) mass is 523 g/mol. The van der Waals surface area contributed by atoms with Crippen molar-refractivity contribution in [1.29, 1.82) is 0 Å². The van der Waals surface area contributed by atoms with Crippen LogP contribution < -0.4 is 5.32 Å². The summed E-state index contributed by atoms with van der Waals surface area (Å²) in [5, 5.41) is 3.06. The summed E-state index contributed by atoms with van der Waals surface area (Å²) < 4.78 is 18.6. The SMILES string of the molecule is C=C(Cc1ccc(F)cc1)N=C(C)C1CCN(CCC(NC(=O)OC(C)(C)C)c2ccccc2)CC1.CC. The molecule has 1 N–H and O–H groups in total. The number of nitrogens with zero attached hydrogens (tertiary/aromatic N) is 2. The number of rotatable bonds is 9. The number of benzene rings is 2. The van der Waals surface area contributed by atoms with Crippen LogP contribution in [0.3, 0.4) is 0 Å². The van der Waals surface area contributed by atoms with Crippen LogP contribution in [0.1, 0.15) is 78.0 Å². The van der Waals surface area contributed by atoms with E-state index in [2.05, 4.69) is 23.7 Å². The maximum Gasteiger partial charge on any atom is 0.408 e. The van der Waals surface area contributed by atoms with Gasteiger partial charge in [-0.1, -0.05) is 62.9 Å². The van der Waals surface area contributed by atoms with E-state index in [1.807, 2.05) is 65.0 Å². The van der Waals surface area contributed by atoms with Crippen molar-refractivity contribution in [2.45, 2.75) is 78.9 Å². The van der Waals surface area contributed by atoms with Gasteiger partial charge in [-0.05, 0) is 89.2 Å². The number of alkyl carbamates (subject to hydrolysis) is 1. The average Bonchev–Trinajstić information content (AvgIpc) is 2.89. The van der Waals surface area contributed by atoms with E-state index in [-0.39, 0.29) is 18.0 Å². The average molecular weight is 524 g/mol. The largest absolute Gasteiger partial charge is 0.444 e. The molecule has 1 fully saturated rings. The lowest BCUT2D eigenvalue weighted by Gasteiger charge is -2.33. The topological polar surface area (TPSA) is 53.9 Å². The molecule has 0 radical (unpaired) electrons. The number of nitrogens with one attached hydrogen (secondary N) is 1. The molecule has 6 heteroatoms. The van der Waals surface area contributed by atoms with Crippen molar-refractivity contribution in [3.8, 4) is 0 Å². The van der Waals surface area contributed by atoms with E-state index in [1.54, 1.807) is 12.1 Å². The van der Waals surface area contributed by atoms with E-state index in [0.717, 1.165) is 61.4 Å². The van der Waals surface area contributed by atoms with Gasteiger partial charge in [-0.25, -0.2) is 9.18 Å². The smallest absolute Gasteiger partial charge is 0.408 e. The molecular weight excluding hydrogens is 477 g/mol. The maximum absolute atomic E-state index is 13.1. The summed E-state index contributed by atoms with van der Waals surface area (Å²) in [7, 11) is 0. The molecule has 1 heterocycles. The van der Waals surface area contributed by atoms with Gasteiger partial charge in [0, 0.05) is 24.4 Å². The number of amides is 1. The van der Waals surface area contributed by atoms with Gasteiger partial charge in [-0.2, -0.15) is 0 Å². The van der Waals surface area contributed by atoms with Gasteiger partial charge >= 0.3 is 6.09 Å². The fourth-order valence-corrected chi connectivity index (χ4v) is 4.56. The minimum atomic E-state index is -0.531. The summed E-state index contributed by atoms with van der Waals surface area (Å²) in [5.74, 6) is 0.211. The Morgan fingerprint density at radius 2 is 1.71 bits per heavy atom. The molecule has 208 valence electrons. The Morgan fingerprint density at radius 1 is 1.11 bits per heavy atom. The van der Waals surface area contributed by atoms with Crippen molar-refractivity contribution in [3.05, 3.63) is 83.8 Å². The molecule has 0 aromatic heterocycles. The number of carbonyl (C=O) groups is 1. The lowest BCUT2D eigenvalue weighted by Crippen LogP contribution is -2.39. The zero-order valence-electron chi connectivity index (χ0n) is 24.1. The Hall–Kier alpha value is -2.99. The highest BCUT2D eigenvalue weighted by Crippen LogP contribution is 2.23. The molecule has 1 unspecified atom stereocenters. The molecule has 0 bridgehead atoms. The van der Waals surface area contributed by atoms with Gasteiger partial charge < -0.3 is 15.0 Å². The molecule has 2 aromatic carbocycles. The standard InChI is InChI=1S/C30H40FN3O2.C2H6/c1-22(21-24-11-13-27(31)14-12-24)32-23(2)25-15-18-34(19-16-25)20-17-28(26-9-7-6-8-10-26)33-29(35)36-30(3,4)5;1-2/h6-14,25,28H,1,15-21H2,2-5H3,(H,33,35);1-2H3. The summed E-state index contributed by atoms with van der Waals surface area (Å²) in [4.78, 5) is 19.7. The highest BCUT2D eigenvalue weighted by Gasteiger charge is 2.24. The van der Waals surface area contributed by atoms with Crippen LogP contribution >= 0.6 is 0 Å². The highest BCUT2D eigenvalue weighted by atomic mass is 19.1. The number of likely N-dealkylation sites (tertiary alicyclic amines) is 1. The number of hydrogen-bond donors (Lipinski definition) is 1.